The summed E-state index contributed by atoms with van der Waals surface area (Å²) < 4.78 is 5.16. The molecule has 0 saturated carbocycles. The van der Waals surface area contributed by atoms with Crippen molar-refractivity contribution < 1.29 is 9.57 Å². The first-order chi connectivity index (χ1) is 6.31. The van der Waals surface area contributed by atoms with Gasteiger partial charge in [-0.25, -0.2) is 5.90 Å². The average molecular weight is 181 g/mol. The quantitative estimate of drug-likeness (QED) is 0.718. The van der Waals surface area contributed by atoms with Crippen molar-refractivity contribution in [1.29, 1.82) is 0 Å². The van der Waals surface area contributed by atoms with E-state index < -0.39 is 0 Å². The van der Waals surface area contributed by atoms with Crippen molar-refractivity contribution >= 4 is 0 Å². The van der Waals surface area contributed by atoms with Gasteiger partial charge in [-0.15, -0.1) is 0 Å². The summed E-state index contributed by atoms with van der Waals surface area (Å²) in [6.45, 7) is 2.49. The molecule has 0 radical (unpaired) electrons. The molecule has 13 heavy (non-hydrogen) atoms. The van der Waals surface area contributed by atoms with Crippen LogP contribution < -0.4 is 10.6 Å². The number of benzene rings is 1. The van der Waals surface area contributed by atoms with Crippen molar-refractivity contribution in [2.24, 2.45) is 5.90 Å². The third-order valence-corrected chi connectivity index (χ3v) is 1.99. The monoisotopic (exact) mass is 181 g/mol. The maximum Gasteiger partial charge on any atom is 0.124 e. The van der Waals surface area contributed by atoms with Gasteiger partial charge in [0.15, 0.2) is 0 Å². The highest BCUT2D eigenvalue weighted by Crippen LogP contribution is 2.20. The van der Waals surface area contributed by atoms with E-state index in [1.165, 1.54) is 5.56 Å². The van der Waals surface area contributed by atoms with Crippen LogP contribution in [-0.4, -0.2) is 7.11 Å². The maximum absolute atomic E-state index is 5.16. The van der Waals surface area contributed by atoms with E-state index in [9.17, 15) is 0 Å². The lowest BCUT2D eigenvalue weighted by Crippen LogP contribution is -2.01. The van der Waals surface area contributed by atoms with Gasteiger partial charge < -0.3 is 4.74 Å². The van der Waals surface area contributed by atoms with Crippen LogP contribution in [-0.2, 0) is 17.9 Å². The van der Waals surface area contributed by atoms with E-state index in [0.717, 1.165) is 17.7 Å². The summed E-state index contributed by atoms with van der Waals surface area (Å²) in [6.07, 6.45) is 1.00. The molecule has 2 N–H and O–H groups in total. The minimum absolute atomic E-state index is 0.386. The molecule has 0 amide bonds. The molecule has 0 unspecified atom stereocenters. The molecule has 0 spiro atoms. The lowest BCUT2D eigenvalue weighted by molar-refractivity contribution is 0.122. The first-order valence-electron chi connectivity index (χ1n) is 4.29. The molecule has 0 saturated heterocycles. The van der Waals surface area contributed by atoms with Crippen molar-refractivity contribution in [2.45, 2.75) is 20.0 Å². The Kier molecular flexibility index (Phi) is 3.73. The van der Waals surface area contributed by atoms with E-state index in [2.05, 4.69) is 11.8 Å². The second-order valence-corrected chi connectivity index (χ2v) is 2.81. The molecule has 0 atom stereocenters. The Labute approximate surface area is 78.4 Å². The molecule has 0 aliphatic rings. The van der Waals surface area contributed by atoms with Crippen LogP contribution in [0.25, 0.3) is 0 Å². The van der Waals surface area contributed by atoms with Gasteiger partial charge in [0.05, 0.1) is 13.7 Å². The molecule has 0 fully saturated rings. The van der Waals surface area contributed by atoms with Gasteiger partial charge in [-0.1, -0.05) is 13.0 Å². The fourth-order valence-electron chi connectivity index (χ4n) is 1.25. The van der Waals surface area contributed by atoms with E-state index in [0.29, 0.717) is 6.61 Å². The third-order valence-electron chi connectivity index (χ3n) is 1.99. The Morgan fingerprint density at radius 1 is 1.38 bits per heavy atom. The fourth-order valence-corrected chi connectivity index (χ4v) is 1.25. The highest BCUT2D eigenvalue weighted by molar-refractivity contribution is 5.36. The summed E-state index contributed by atoms with van der Waals surface area (Å²) in [5.41, 5.74) is 2.25. The van der Waals surface area contributed by atoms with Crippen molar-refractivity contribution in [3.05, 3.63) is 29.3 Å². The van der Waals surface area contributed by atoms with Crippen molar-refractivity contribution in [2.75, 3.05) is 7.11 Å². The van der Waals surface area contributed by atoms with Gasteiger partial charge in [0, 0.05) is 5.56 Å². The lowest BCUT2D eigenvalue weighted by atomic mass is 10.1. The number of ether oxygens (including phenoxy) is 1. The Morgan fingerprint density at radius 3 is 2.69 bits per heavy atom. The summed E-state index contributed by atoms with van der Waals surface area (Å²) in [6, 6.07) is 6.03. The Balaban J connectivity index is 2.95. The molecule has 0 heterocycles. The van der Waals surface area contributed by atoms with Gasteiger partial charge in [-0.2, -0.15) is 0 Å². The molecule has 1 aromatic rings. The van der Waals surface area contributed by atoms with Gasteiger partial charge in [0.25, 0.3) is 0 Å². The van der Waals surface area contributed by atoms with E-state index >= 15 is 0 Å². The smallest absolute Gasteiger partial charge is 0.124 e. The molecule has 3 nitrogen and oxygen atoms in total. The molecule has 0 aliphatic heterocycles. The predicted octanol–water partition coefficient (Wildman–Crippen LogP) is 1.65. The summed E-state index contributed by atoms with van der Waals surface area (Å²) in [4.78, 5) is 4.59. The fraction of sp³-hybridized carbons (Fsp3) is 0.400. The zero-order valence-electron chi connectivity index (χ0n) is 8.04. The zero-order chi connectivity index (χ0) is 9.68. The van der Waals surface area contributed by atoms with Crippen molar-refractivity contribution in [1.82, 2.24) is 0 Å². The minimum Gasteiger partial charge on any atom is -0.496 e. The highest BCUT2D eigenvalue weighted by atomic mass is 16.6. The predicted molar refractivity (Wildman–Crippen MR) is 51.3 cm³/mol. The number of aryl methyl sites for hydroxylation is 1. The summed E-state index contributed by atoms with van der Waals surface area (Å²) >= 11 is 0. The Hall–Kier alpha value is -1.06. The topological polar surface area (TPSA) is 44.5 Å². The molecular formula is C10H15NO2. The van der Waals surface area contributed by atoms with Crippen molar-refractivity contribution in [3.63, 3.8) is 0 Å². The van der Waals surface area contributed by atoms with Gasteiger partial charge in [-0.3, -0.25) is 4.84 Å². The van der Waals surface area contributed by atoms with Crippen LogP contribution in [0.15, 0.2) is 18.2 Å². The Morgan fingerprint density at radius 2 is 2.15 bits per heavy atom. The van der Waals surface area contributed by atoms with Crippen LogP contribution in [0.4, 0.5) is 0 Å². The lowest BCUT2D eigenvalue weighted by Gasteiger charge is -2.08. The standard InChI is InChI=1S/C10H15NO2/c1-3-8-4-5-10(12-2)9(6-8)7-13-11/h4-6H,3,7,11H2,1-2H3. The molecule has 1 rings (SSSR count). The van der Waals surface area contributed by atoms with Crippen LogP contribution in [0.1, 0.15) is 18.1 Å². The summed E-state index contributed by atoms with van der Waals surface area (Å²) in [5, 5.41) is 0. The van der Waals surface area contributed by atoms with Crippen LogP contribution in [0.3, 0.4) is 0 Å². The first kappa shape index (κ1) is 10.0. The Bertz CT molecular complexity index is 274. The number of hydrogen-bond donors (Lipinski definition) is 1. The third kappa shape index (κ3) is 2.44. The van der Waals surface area contributed by atoms with Crippen molar-refractivity contribution in [3.8, 4) is 5.75 Å². The van der Waals surface area contributed by atoms with Gasteiger partial charge in [0.1, 0.15) is 5.75 Å². The number of methoxy groups -OCH3 is 1. The van der Waals surface area contributed by atoms with Gasteiger partial charge >= 0.3 is 0 Å². The summed E-state index contributed by atoms with van der Waals surface area (Å²) in [7, 11) is 1.64. The maximum atomic E-state index is 5.16. The normalized spacial score (nSPS) is 10.1. The molecular weight excluding hydrogens is 166 g/mol. The van der Waals surface area contributed by atoms with Crippen LogP contribution in [0.2, 0.25) is 0 Å². The largest absolute Gasteiger partial charge is 0.496 e. The highest BCUT2D eigenvalue weighted by Gasteiger charge is 2.02. The second-order valence-electron chi connectivity index (χ2n) is 2.81. The zero-order valence-corrected chi connectivity index (χ0v) is 8.04. The minimum atomic E-state index is 0.386. The molecule has 0 aromatic heterocycles. The molecule has 72 valence electrons. The number of nitrogens with two attached hydrogens (primary N) is 1. The first-order valence-corrected chi connectivity index (χ1v) is 4.29. The van der Waals surface area contributed by atoms with E-state index in [1.54, 1.807) is 7.11 Å². The van der Waals surface area contributed by atoms with Gasteiger partial charge in [0.2, 0.25) is 0 Å². The summed E-state index contributed by atoms with van der Waals surface area (Å²) in [5.74, 6) is 5.84. The average Bonchev–Trinajstić information content (AvgIpc) is 2.18. The van der Waals surface area contributed by atoms with Gasteiger partial charge in [-0.05, 0) is 24.1 Å². The molecule has 3 heteroatoms. The van der Waals surface area contributed by atoms with Crippen LogP contribution in [0, 0.1) is 0 Å². The van der Waals surface area contributed by atoms with Crippen LogP contribution >= 0.6 is 0 Å². The van der Waals surface area contributed by atoms with E-state index in [1.807, 2.05) is 18.2 Å². The van der Waals surface area contributed by atoms with Crippen LogP contribution in [0.5, 0.6) is 5.75 Å². The van der Waals surface area contributed by atoms with E-state index in [4.69, 9.17) is 10.6 Å². The molecule has 1 aromatic carbocycles. The SMILES string of the molecule is CCc1ccc(OC)c(CON)c1. The second kappa shape index (κ2) is 4.84. The number of rotatable bonds is 4. The molecule has 0 bridgehead atoms. The number of hydrogen-bond acceptors (Lipinski definition) is 3. The molecule has 0 aliphatic carbocycles. The van der Waals surface area contributed by atoms with E-state index in [-0.39, 0.29) is 0 Å².